The minimum absolute atomic E-state index is 0.0881. The highest BCUT2D eigenvalue weighted by Gasteiger charge is 2.22. The molecule has 2 rings (SSSR count). The molecule has 1 saturated carbocycles. The van der Waals surface area contributed by atoms with Gasteiger partial charge in [0.05, 0.1) is 0 Å². The third-order valence-electron chi connectivity index (χ3n) is 4.39. The summed E-state index contributed by atoms with van der Waals surface area (Å²) < 4.78 is 0. The average Bonchev–Trinajstić information content (AvgIpc) is 2.51. The molecule has 2 amide bonds. The van der Waals surface area contributed by atoms with Gasteiger partial charge in [0.1, 0.15) is 0 Å². The van der Waals surface area contributed by atoms with Crippen LogP contribution in [0.3, 0.4) is 0 Å². The van der Waals surface area contributed by atoms with Crippen LogP contribution < -0.4 is 16.4 Å². The number of amides is 2. The van der Waals surface area contributed by atoms with Crippen molar-refractivity contribution in [1.82, 2.24) is 5.32 Å². The van der Waals surface area contributed by atoms with Crippen LogP contribution in [0, 0.1) is 12.8 Å². The number of hydrogen-bond acceptors (Lipinski definition) is 3. The van der Waals surface area contributed by atoms with E-state index in [0.717, 1.165) is 36.9 Å². The lowest BCUT2D eigenvalue weighted by Gasteiger charge is -2.23. The molecule has 0 spiro atoms. The van der Waals surface area contributed by atoms with Crippen LogP contribution in [0.5, 0.6) is 0 Å². The molecule has 1 aliphatic carbocycles. The standard InChI is InChI=1S/C18H27N3O2/c1-12-8-9-15(19)11-16(12)21-17(22)10-13(2)20-18(23)14-6-4-3-5-7-14/h8-9,11,13-14H,3-7,10,19H2,1-2H3,(H,20,23)(H,21,22). The van der Waals surface area contributed by atoms with Gasteiger partial charge in [0.15, 0.2) is 0 Å². The third kappa shape index (κ3) is 5.27. The molecule has 5 nitrogen and oxygen atoms in total. The van der Waals surface area contributed by atoms with Crippen molar-refractivity contribution in [2.75, 3.05) is 11.1 Å². The van der Waals surface area contributed by atoms with E-state index in [0.29, 0.717) is 5.69 Å². The summed E-state index contributed by atoms with van der Waals surface area (Å²) >= 11 is 0. The van der Waals surface area contributed by atoms with E-state index in [4.69, 9.17) is 5.73 Å². The predicted octanol–water partition coefficient (Wildman–Crippen LogP) is 2.99. The number of nitrogen functional groups attached to an aromatic ring is 1. The summed E-state index contributed by atoms with van der Waals surface area (Å²) in [7, 11) is 0. The van der Waals surface area contributed by atoms with Gasteiger partial charge in [-0.25, -0.2) is 0 Å². The van der Waals surface area contributed by atoms with E-state index < -0.39 is 0 Å². The van der Waals surface area contributed by atoms with Crippen molar-refractivity contribution in [1.29, 1.82) is 0 Å². The minimum atomic E-state index is -0.175. The van der Waals surface area contributed by atoms with E-state index in [1.807, 2.05) is 19.9 Å². The first kappa shape index (κ1) is 17.3. The van der Waals surface area contributed by atoms with Crippen molar-refractivity contribution < 1.29 is 9.59 Å². The van der Waals surface area contributed by atoms with Gasteiger partial charge in [-0.1, -0.05) is 25.3 Å². The normalized spacial score (nSPS) is 16.6. The zero-order chi connectivity index (χ0) is 16.8. The first-order valence-corrected chi connectivity index (χ1v) is 8.42. The average molecular weight is 317 g/mol. The number of nitrogens with two attached hydrogens (primary N) is 1. The van der Waals surface area contributed by atoms with Gasteiger partial charge in [0.25, 0.3) is 0 Å². The molecule has 126 valence electrons. The van der Waals surface area contributed by atoms with Crippen molar-refractivity contribution in [2.24, 2.45) is 5.92 Å². The minimum Gasteiger partial charge on any atom is -0.399 e. The number of carbonyl (C=O) groups excluding carboxylic acids is 2. The largest absolute Gasteiger partial charge is 0.399 e. The summed E-state index contributed by atoms with van der Waals surface area (Å²) in [5.74, 6) is 0.0886. The fraction of sp³-hybridized carbons (Fsp3) is 0.556. The zero-order valence-electron chi connectivity index (χ0n) is 14.0. The van der Waals surface area contributed by atoms with E-state index in [-0.39, 0.29) is 30.2 Å². The van der Waals surface area contributed by atoms with E-state index >= 15 is 0 Å². The second-order valence-electron chi connectivity index (χ2n) is 6.57. The zero-order valence-corrected chi connectivity index (χ0v) is 14.0. The summed E-state index contributed by atoms with van der Waals surface area (Å²) in [5.41, 5.74) is 8.05. The summed E-state index contributed by atoms with van der Waals surface area (Å²) in [5, 5.41) is 5.83. The Labute approximate surface area is 138 Å². The van der Waals surface area contributed by atoms with Crippen molar-refractivity contribution >= 4 is 23.2 Å². The SMILES string of the molecule is Cc1ccc(N)cc1NC(=O)CC(C)NC(=O)C1CCCCC1. The molecule has 0 heterocycles. The molecule has 0 aliphatic heterocycles. The molecule has 0 radical (unpaired) electrons. The summed E-state index contributed by atoms with van der Waals surface area (Å²) in [6, 6.07) is 5.25. The van der Waals surface area contributed by atoms with Gasteiger partial charge in [-0.2, -0.15) is 0 Å². The van der Waals surface area contributed by atoms with Gasteiger partial charge in [0, 0.05) is 29.8 Å². The third-order valence-corrected chi connectivity index (χ3v) is 4.39. The molecule has 0 aromatic heterocycles. The molecule has 5 heteroatoms. The van der Waals surface area contributed by atoms with Crippen LogP contribution in [0.1, 0.15) is 51.0 Å². The smallest absolute Gasteiger partial charge is 0.226 e. The van der Waals surface area contributed by atoms with Crippen LogP contribution in [-0.4, -0.2) is 17.9 Å². The van der Waals surface area contributed by atoms with Gasteiger partial charge in [-0.15, -0.1) is 0 Å². The van der Waals surface area contributed by atoms with Crippen molar-refractivity contribution in [2.45, 2.75) is 58.4 Å². The number of benzene rings is 1. The number of aryl methyl sites for hydroxylation is 1. The summed E-state index contributed by atoms with van der Waals surface area (Å²) in [4.78, 5) is 24.3. The molecule has 0 bridgehead atoms. The molecule has 23 heavy (non-hydrogen) atoms. The van der Waals surface area contributed by atoms with E-state index in [1.165, 1.54) is 6.42 Å². The second kappa shape index (κ2) is 7.99. The Balaban J connectivity index is 1.82. The summed E-state index contributed by atoms with van der Waals surface area (Å²) in [6.07, 6.45) is 5.66. The maximum absolute atomic E-state index is 12.2. The van der Waals surface area contributed by atoms with Crippen molar-refractivity contribution in [3.8, 4) is 0 Å². The molecule has 1 aromatic rings. The van der Waals surface area contributed by atoms with Gasteiger partial charge >= 0.3 is 0 Å². The quantitative estimate of drug-likeness (QED) is 0.730. The monoisotopic (exact) mass is 317 g/mol. The Hall–Kier alpha value is -2.04. The lowest BCUT2D eigenvalue weighted by Crippen LogP contribution is -2.39. The Morgan fingerprint density at radius 2 is 1.96 bits per heavy atom. The van der Waals surface area contributed by atoms with Crippen LogP contribution in [-0.2, 0) is 9.59 Å². The molecule has 1 aromatic carbocycles. The van der Waals surface area contributed by atoms with E-state index in [9.17, 15) is 9.59 Å². The number of nitrogens with one attached hydrogen (secondary N) is 2. The van der Waals surface area contributed by atoms with Gasteiger partial charge in [-0.3, -0.25) is 9.59 Å². The van der Waals surface area contributed by atoms with Crippen LogP contribution in [0.25, 0.3) is 0 Å². The van der Waals surface area contributed by atoms with Crippen molar-refractivity contribution in [3.05, 3.63) is 23.8 Å². The second-order valence-corrected chi connectivity index (χ2v) is 6.57. The van der Waals surface area contributed by atoms with Gasteiger partial charge < -0.3 is 16.4 Å². The molecular weight excluding hydrogens is 290 g/mol. The van der Waals surface area contributed by atoms with Gasteiger partial charge in [0.2, 0.25) is 11.8 Å². The number of rotatable bonds is 5. The first-order chi connectivity index (χ1) is 11.0. The molecule has 4 N–H and O–H groups in total. The highest BCUT2D eigenvalue weighted by Crippen LogP contribution is 2.24. The Kier molecular flexibility index (Phi) is 6.02. The van der Waals surface area contributed by atoms with E-state index in [2.05, 4.69) is 10.6 Å². The lowest BCUT2D eigenvalue weighted by atomic mass is 9.88. The maximum Gasteiger partial charge on any atom is 0.226 e. The fourth-order valence-corrected chi connectivity index (χ4v) is 3.03. The maximum atomic E-state index is 12.2. The fourth-order valence-electron chi connectivity index (χ4n) is 3.03. The number of carbonyl (C=O) groups is 2. The molecule has 1 unspecified atom stereocenters. The molecule has 1 aliphatic rings. The van der Waals surface area contributed by atoms with Gasteiger partial charge in [-0.05, 0) is 44.4 Å². The highest BCUT2D eigenvalue weighted by molar-refractivity contribution is 5.92. The van der Waals surface area contributed by atoms with E-state index in [1.54, 1.807) is 12.1 Å². The highest BCUT2D eigenvalue weighted by atomic mass is 16.2. The number of anilines is 2. The summed E-state index contributed by atoms with van der Waals surface area (Å²) in [6.45, 7) is 3.79. The van der Waals surface area contributed by atoms with Crippen LogP contribution >= 0.6 is 0 Å². The molecule has 1 atom stereocenters. The van der Waals surface area contributed by atoms with Crippen LogP contribution in [0.4, 0.5) is 11.4 Å². The molecule has 0 saturated heterocycles. The predicted molar refractivity (Wildman–Crippen MR) is 93.0 cm³/mol. The molecular formula is C18H27N3O2. The Morgan fingerprint density at radius 1 is 1.26 bits per heavy atom. The van der Waals surface area contributed by atoms with Crippen LogP contribution in [0.2, 0.25) is 0 Å². The van der Waals surface area contributed by atoms with Crippen LogP contribution in [0.15, 0.2) is 18.2 Å². The topological polar surface area (TPSA) is 84.2 Å². The number of hydrogen-bond donors (Lipinski definition) is 3. The Bertz CT molecular complexity index is 565. The first-order valence-electron chi connectivity index (χ1n) is 8.42. The Morgan fingerprint density at radius 3 is 2.65 bits per heavy atom. The van der Waals surface area contributed by atoms with Crippen molar-refractivity contribution in [3.63, 3.8) is 0 Å². The lowest BCUT2D eigenvalue weighted by molar-refractivity contribution is -0.126. The molecule has 1 fully saturated rings.